The van der Waals surface area contributed by atoms with Gasteiger partial charge in [-0.15, -0.1) is 0 Å². The summed E-state index contributed by atoms with van der Waals surface area (Å²) < 4.78 is 0. The molecule has 0 radical (unpaired) electrons. The minimum absolute atomic E-state index is 0.0742. The SMILES string of the molecule is O=[N+]([O-])c1ccc(C2CC[C@@H](O)[C@@H](O)C2)cc1. The van der Waals surface area contributed by atoms with Gasteiger partial charge in [0.25, 0.3) is 5.69 Å². The van der Waals surface area contributed by atoms with Gasteiger partial charge in [0.05, 0.1) is 17.1 Å². The molecule has 0 saturated heterocycles. The third-order valence-electron chi connectivity index (χ3n) is 3.36. The van der Waals surface area contributed by atoms with Crippen LogP contribution in [0.25, 0.3) is 0 Å². The Labute approximate surface area is 98.9 Å². The van der Waals surface area contributed by atoms with Crippen molar-refractivity contribution in [1.82, 2.24) is 0 Å². The second-order valence-electron chi connectivity index (χ2n) is 4.49. The Balaban J connectivity index is 2.10. The Morgan fingerprint density at radius 1 is 1.12 bits per heavy atom. The monoisotopic (exact) mass is 237 g/mol. The lowest BCUT2D eigenvalue weighted by molar-refractivity contribution is -0.384. The topological polar surface area (TPSA) is 83.6 Å². The lowest BCUT2D eigenvalue weighted by atomic mass is 9.81. The van der Waals surface area contributed by atoms with Gasteiger partial charge in [-0.3, -0.25) is 10.1 Å². The van der Waals surface area contributed by atoms with Crippen LogP contribution in [0.15, 0.2) is 24.3 Å². The van der Waals surface area contributed by atoms with Gasteiger partial charge in [0.2, 0.25) is 0 Å². The molecule has 0 heterocycles. The summed E-state index contributed by atoms with van der Waals surface area (Å²) in [7, 11) is 0. The highest BCUT2D eigenvalue weighted by atomic mass is 16.6. The molecule has 1 aliphatic rings. The molecule has 1 aromatic rings. The highest BCUT2D eigenvalue weighted by Gasteiger charge is 2.28. The Morgan fingerprint density at radius 2 is 1.76 bits per heavy atom. The largest absolute Gasteiger partial charge is 0.390 e. The molecule has 1 saturated carbocycles. The molecular formula is C12H15NO4. The Hall–Kier alpha value is -1.46. The lowest BCUT2D eigenvalue weighted by Gasteiger charge is -2.30. The quantitative estimate of drug-likeness (QED) is 0.604. The summed E-state index contributed by atoms with van der Waals surface area (Å²) in [4.78, 5) is 10.1. The van der Waals surface area contributed by atoms with Crippen LogP contribution in [0.5, 0.6) is 0 Å². The highest BCUT2D eigenvalue weighted by Crippen LogP contribution is 2.33. The number of hydrogen-bond donors (Lipinski definition) is 2. The van der Waals surface area contributed by atoms with Crippen molar-refractivity contribution in [3.05, 3.63) is 39.9 Å². The van der Waals surface area contributed by atoms with Crippen molar-refractivity contribution >= 4 is 5.69 Å². The smallest absolute Gasteiger partial charge is 0.269 e. The Morgan fingerprint density at radius 3 is 2.29 bits per heavy atom. The van der Waals surface area contributed by atoms with Crippen molar-refractivity contribution in [2.45, 2.75) is 37.4 Å². The van der Waals surface area contributed by atoms with Gasteiger partial charge in [-0.25, -0.2) is 0 Å². The summed E-state index contributed by atoms with van der Waals surface area (Å²) >= 11 is 0. The number of benzene rings is 1. The normalized spacial score (nSPS) is 28.9. The van der Waals surface area contributed by atoms with Crippen molar-refractivity contribution in [1.29, 1.82) is 0 Å². The van der Waals surface area contributed by atoms with Crippen molar-refractivity contribution in [3.63, 3.8) is 0 Å². The van der Waals surface area contributed by atoms with E-state index >= 15 is 0 Å². The van der Waals surface area contributed by atoms with Crippen LogP contribution in [-0.4, -0.2) is 27.3 Å². The highest BCUT2D eigenvalue weighted by molar-refractivity contribution is 5.34. The van der Waals surface area contributed by atoms with E-state index in [1.54, 1.807) is 12.1 Å². The van der Waals surface area contributed by atoms with E-state index in [9.17, 15) is 20.3 Å². The molecule has 0 aliphatic heterocycles. The molecule has 17 heavy (non-hydrogen) atoms. The van der Waals surface area contributed by atoms with Crippen LogP contribution < -0.4 is 0 Å². The maximum atomic E-state index is 10.5. The van der Waals surface area contributed by atoms with E-state index in [0.29, 0.717) is 12.8 Å². The first kappa shape index (κ1) is 12.0. The van der Waals surface area contributed by atoms with E-state index in [2.05, 4.69) is 0 Å². The predicted octanol–water partition coefficient (Wildman–Crippen LogP) is 1.58. The van der Waals surface area contributed by atoms with E-state index in [0.717, 1.165) is 12.0 Å². The van der Waals surface area contributed by atoms with Crippen molar-refractivity contribution in [2.75, 3.05) is 0 Å². The van der Waals surface area contributed by atoms with Crippen LogP contribution in [0.4, 0.5) is 5.69 Å². The van der Waals surface area contributed by atoms with Gasteiger partial charge in [-0.2, -0.15) is 0 Å². The zero-order valence-corrected chi connectivity index (χ0v) is 9.32. The van der Waals surface area contributed by atoms with E-state index in [1.165, 1.54) is 12.1 Å². The second kappa shape index (κ2) is 4.81. The van der Waals surface area contributed by atoms with Crippen molar-refractivity contribution in [3.8, 4) is 0 Å². The van der Waals surface area contributed by atoms with Gasteiger partial charge in [0.1, 0.15) is 0 Å². The van der Waals surface area contributed by atoms with E-state index in [1.807, 2.05) is 0 Å². The number of aliphatic hydroxyl groups excluding tert-OH is 2. The fourth-order valence-electron chi connectivity index (χ4n) is 2.30. The van der Waals surface area contributed by atoms with Gasteiger partial charge < -0.3 is 10.2 Å². The molecule has 1 aliphatic carbocycles. The minimum atomic E-state index is -0.691. The zero-order valence-electron chi connectivity index (χ0n) is 9.32. The van der Waals surface area contributed by atoms with Crippen molar-refractivity contribution < 1.29 is 15.1 Å². The molecule has 0 spiro atoms. The molecule has 0 aromatic heterocycles. The molecule has 2 N–H and O–H groups in total. The Bertz CT molecular complexity index is 403. The summed E-state index contributed by atoms with van der Waals surface area (Å²) in [6.45, 7) is 0. The van der Waals surface area contributed by atoms with Crippen LogP contribution >= 0.6 is 0 Å². The Kier molecular flexibility index (Phi) is 3.40. The average Bonchev–Trinajstić information content (AvgIpc) is 2.33. The number of aliphatic hydroxyl groups is 2. The maximum absolute atomic E-state index is 10.5. The van der Waals surface area contributed by atoms with Crippen molar-refractivity contribution in [2.24, 2.45) is 0 Å². The summed E-state index contributed by atoms with van der Waals surface area (Å²) in [5.41, 5.74) is 1.06. The van der Waals surface area contributed by atoms with Gasteiger partial charge in [-0.05, 0) is 30.7 Å². The van der Waals surface area contributed by atoms with Crippen LogP contribution in [0.2, 0.25) is 0 Å². The first-order valence-corrected chi connectivity index (χ1v) is 5.68. The molecule has 1 aromatic carbocycles. The summed E-state index contributed by atoms with van der Waals surface area (Å²) in [6, 6.07) is 6.42. The third kappa shape index (κ3) is 2.62. The number of hydrogen-bond acceptors (Lipinski definition) is 4. The summed E-state index contributed by atoms with van der Waals surface area (Å²) in [5, 5.41) is 29.5. The lowest BCUT2D eigenvalue weighted by Crippen LogP contribution is -2.32. The third-order valence-corrected chi connectivity index (χ3v) is 3.36. The van der Waals surface area contributed by atoms with Crippen LogP contribution in [0.3, 0.4) is 0 Å². The first-order chi connectivity index (χ1) is 8.08. The van der Waals surface area contributed by atoms with E-state index in [-0.39, 0.29) is 11.6 Å². The fourth-order valence-corrected chi connectivity index (χ4v) is 2.30. The molecule has 5 nitrogen and oxygen atoms in total. The van der Waals surface area contributed by atoms with Gasteiger partial charge in [0, 0.05) is 12.1 Å². The molecule has 0 bridgehead atoms. The molecule has 0 amide bonds. The number of non-ortho nitro benzene ring substituents is 1. The average molecular weight is 237 g/mol. The van der Waals surface area contributed by atoms with Crippen LogP contribution in [0.1, 0.15) is 30.7 Å². The first-order valence-electron chi connectivity index (χ1n) is 5.68. The van der Waals surface area contributed by atoms with Gasteiger partial charge >= 0.3 is 0 Å². The van der Waals surface area contributed by atoms with Crippen LogP contribution in [-0.2, 0) is 0 Å². The summed E-state index contributed by atoms with van der Waals surface area (Å²) in [5.74, 6) is 0.175. The predicted molar refractivity (Wildman–Crippen MR) is 61.7 cm³/mol. The minimum Gasteiger partial charge on any atom is -0.390 e. The molecular weight excluding hydrogens is 222 g/mol. The molecule has 3 atom stereocenters. The molecule has 2 rings (SSSR count). The fraction of sp³-hybridized carbons (Fsp3) is 0.500. The number of nitrogens with zero attached hydrogens (tertiary/aromatic N) is 1. The standard InChI is InChI=1S/C12H15NO4/c14-11-6-3-9(7-12(11)15)8-1-4-10(5-2-8)13(16)17/h1-2,4-5,9,11-12,14-15H,3,6-7H2/t9?,11-,12+/m1/s1. The van der Waals surface area contributed by atoms with E-state index < -0.39 is 17.1 Å². The van der Waals surface area contributed by atoms with Gasteiger partial charge in [-0.1, -0.05) is 12.1 Å². The van der Waals surface area contributed by atoms with Crippen LogP contribution in [0, 0.1) is 10.1 Å². The zero-order chi connectivity index (χ0) is 12.4. The molecule has 5 heteroatoms. The summed E-state index contributed by atoms with van der Waals surface area (Å²) in [6.07, 6.45) is 0.561. The molecule has 1 unspecified atom stereocenters. The maximum Gasteiger partial charge on any atom is 0.269 e. The van der Waals surface area contributed by atoms with Gasteiger partial charge in [0.15, 0.2) is 0 Å². The number of nitro benzene ring substituents is 1. The van der Waals surface area contributed by atoms with E-state index in [4.69, 9.17) is 0 Å². The number of nitro groups is 1. The molecule has 1 fully saturated rings. The molecule has 92 valence electrons. The number of rotatable bonds is 2. The second-order valence-corrected chi connectivity index (χ2v) is 4.49.